The number of anilines is 1. The van der Waals surface area contributed by atoms with Gasteiger partial charge in [0, 0.05) is 5.39 Å². The molecule has 2 N–H and O–H groups in total. The summed E-state index contributed by atoms with van der Waals surface area (Å²) in [5, 5.41) is 13.8. The number of carbonyl (C=O) groups excluding carboxylic acids is 1. The van der Waals surface area contributed by atoms with Crippen LogP contribution >= 0.6 is 0 Å². The second-order valence-electron chi connectivity index (χ2n) is 6.07. The first-order valence-electron chi connectivity index (χ1n) is 8.71. The van der Waals surface area contributed by atoms with Crippen LogP contribution in [0.15, 0.2) is 71.1 Å². The maximum Gasteiger partial charge on any atom is 0.261 e. The number of ether oxygens (including phenoxy) is 1. The van der Waals surface area contributed by atoms with Crippen molar-refractivity contribution in [3.8, 4) is 5.75 Å². The van der Waals surface area contributed by atoms with E-state index >= 15 is 0 Å². The third kappa shape index (κ3) is 3.15. The maximum atomic E-state index is 12.8. The first-order valence-corrected chi connectivity index (χ1v) is 8.71. The molecule has 0 saturated carbocycles. The molecule has 1 heterocycles. The molecule has 3 aromatic carbocycles. The number of para-hydroxylation sites is 2. The largest absolute Gasteiger partial charge is 0.492 e. The molecule has 1 aromatic heterocycles. The normalized spacial score (nSPS) is 10.9. The molecule has 0 aliphatic rings. The molecular weight excluding hydrogens is 340 g/mol. The molecule has 0 radical (unpaired) electrons. The summed E-state index contributed by atoms with van der Waals surface area (Å²) >= 11 is 0. The Morgan fingerprint density at radius 1 is 1.04 bits per heavy atom. The van der Waals surface area contributed by atoms with Crippen LogP contribution in [0.1, 0.15) is 17.3 Å². The molecule has 0 fully saturated rings. The maximum absolute atomic E-state index is 12.8. The van der Waals surface area contributed by atoms with Crippen LogP contribution in [-0.2, 0) is 0 Å². The van der Waals surface area contributed by atoms with Gasteiger partial charge >= 0.3 is 0 Å². The molecule has 0 unspecified atom stereocenters. The number of hydrogen-bond donors (Lipinski definition) is 2. The van der Waals surface area contributed by atoms with Crippen LogP contribution < -0.4 is 15.6 Å². The number of amides is 1. The van der Waals surface area contributed by atoms with Gasteiger partial charge in [-0.2, -0.15) is 0 Å². The Morgan fingerprint density at radius 2 is 1.81 bits per heavy atom. The summed E-state index contributed by atoms with van der Waals surface area (Å²) in [4.78, 5) is 12.8. The van der Waals surface area contributed by atoms with Crippen molar-refractivity contribution in [3.63, 3.8) is 0 Å². The van der Waals surface area contributed by atoms with E-state index in [4.69, 9.17) is 14.6 Å². The first kappa shape index (κ1) is 16.8. The van der Waals surface area contributed by atoms with Gasteiger partial charge in [-0.1, -0.05) is 42.5 Å². The van der Waals surface area contributed by atoms with Crippen molar-refractivity contribution in [1.29, 1.82) is 5.41 Å². The van der Waals surface area contributed by atoms with Crippen molar-refractivity contribution in [3.05, 3.63) is 77.8 Å². The van der Waals surface area contributed by atoms with Crippen molar-refractivity contribution in [2.24, 2.45) is 0 Å². The van der Waals surface area contributed by atoms with Crippen LogP contribution in [0, 0.1) is 5.41 Å². The van der Waals surface area contributed by atoms with Gasteiger partial charge in [-0.3, -0.25) is 10.2 Å². The highest BCUT2D eigenvalue weighted by molar-refractivity contribution is 6.10. The fourth-order valence-electron chi connectivity index (χ4n) is 3.10. The minimum Gasteiger partial charge on any atom is -0.492 e. The van der Waals surface area contributed by atoms with Gasteiger partial charge in [0.25, 0.3) is 5.91 Å². The number of fused-ring (bicyclic) bond motifs is 3. The zero-order chi connectivity index (χ0) is 18.8. The number of carbonyl (C=O) groups is 1. The lowest BCUT2D eigenvalue weighted by atomic mass is 10.0. The van der Waals surface area contributed by atoms with Crippen molar-refractivity contribution < 1.29 is 13.9 Å². The predicted molar refractivity (Wildman–Crippen MR) is 105 cm³/mol. The molecule has 134 valence electrons. The Kier molecular flexibility index (Phi) is 4.34. The molecule has 0 saturated heterocycles. The standard InChI is InChI=1S/C22H18N2O3/c1-2-26-20-10-6-5-9-18(20)24-22(25)17-13-16-15-8-4-3-7-14(15)11-12-19(16)27-21(17)23/h3-13,23H,2H2,1H3,(H,24,25). The fourth-order valence-corrected chi connectivity index (χ4v) is 3.10. The quantitative estimate of drug-likeness (QED) is 0.519. The van der Waals surface area contributed by atoms with Crippen LogP contribution in [0.2, 0.25) is 0 Å². The Hall–Kier alpha value is -3.60. The molecule has 27 heavy (non-hydrogen) atoms. The third-order valence-corrected chi connectivity index (χ3v) is 4.36. The van der Waals surface area contributed by atoms with Crippen molar-refractivity contribution >= 4 is 33.3 Å². The van der Waals surface area contributed by atoms with Gasteiger partial charge in [-0.25, -0.2) is 0 Å². The van der Waals surface area contributed by atoms with Gasteiger partial charge in [0.05, 0.1) is 12.3 Å². The lowest BCUT2D eigenvalue weighted by Gasteiger charge is -2.11. The topological polar surface area (TPSA) is 75.3 Å². The molecule has 4 aromatic rings. The van der Waals surface area contributed by atoms with Crippen LogP contribution in [0.4, 0.5) is 5.69 Å². The zero-order valence-electron chi connectivity index (χ0n) is 14.8. The Balaban J connectivity index is 1.79. The highest BCUT2D eigenvalue weighted by Gasteiger charge is 2.15. The van der Waals surface area contributed by atoms with Crippen molar-refractivity contribution in [1.82, 2.24) is 0 Å². The minimum absolute atomic E-state index is 0.171. The molecule has 0 aliphatic carbocycles. The van der Waals surface area contributed by atoms with Gasteiger partial charge in [0.2, 0.25) is 5.55 Å². The molecule has 0 aliphatic heterocycles. The predicted octanol–water partition coefficient (Wildman–Crippen LogP) is 4.72. The highest BCUT2D eigenvalue weighted by Crippen LogP contribution is 2.26. The summed E-state index contributed by atoms with van der Waals surface area (Å²) in [5.41, 5.74) is 1.13. The average molecular weight is 358 g/mol. The van der Waals surface area contributed by atoms with Crippen LogP contribution in [0.5, 0.6) is 5.75 Å². The zero-order valence-corrected chi connectivity index (χ0v) is 14.8. The minimum atomic E-state index is -0.411. The van der Waals surface area contributed by atoms with E-state index in [1.807, 2.05) is 55.5 Å². The molecule has 5 heteroatoms. The fraction of sp³-hybridized carbons (Fsp3) is 0.0909. The molecule has 0 bridgehead atoms. The van der Waals surface area contributed by atoms with E-state index < -0.39 is 5.91 Å². The summed E-state index contributed by atoms with van der Waals surface area (Å²) in [7, 11) is 0. The number of benzene rings is 3. The van der Waals surface area contributed by atoms with Crippen LogP contribution in [0.25, 0.3) is 21.7 Å². The van der Waals surface area contributed by atoms with Gasteiger partial charge in [-0.15, -0.1) is 0 Å². The van der Waals surface area contributed by atoms with Crippen molar-refractivity contribution in [2.75, 3.05) is 11.9 Å². The van der Waals surface area contributed by atoms with E-state index in [9.17, 15) is 4.79 Å². The van der Waals surface area contributed by atoms with Crippen LogP contribution in [-0.4, -0.2) is 12.5 Å². The van der Waals surface area contributed by atoms with Crippen LogP contribution in [0.3, 0.4) is 0 Å². The van der Waals surface area contributed by atoms with Gasteiger partial charge in [-0.05, 0) is 42.0 Å². The number of nitrogens with one attached hydrogen (secondary N) is 2. The van der Waals surface area contributed by atoms with Gasteiger partial charge in [0.1, 0.15) is 16.9 Å². The smallest absolute Gasteiger partial charge is 0.261 e. The summed E-state index contributed by atoms with van der Waals surface area (Å²) < 4.78 is 11.2. The lowest BCUT2D eigenvalue weighted by Crippen LogP contribution is -2.21. The lowest BCUT2D eigenvalue weighted by molar-refractivity contribution is 0.102. The first-order chi connectivity index (χ1) is 13.2. The second kappa shape index (κ2) is 6.96. The summed E-state index contributed by atoms with van der Waals surface area (Å²) in [5.74, 6) is 0.175. The van der Waals surface area contributed by atoms with E-state index in [2.05, 4.69) is 5.32 Å². The molecule has 1 amide bonds. The van der Waals surface area contributed by atoms with Crippen molar-refractivity contribution in [2.45, 2.75) is 6.92 Å². The molecule has 4 rings (SSSR count). The van der Waals surface area contributed by atoms with E-state index in [1.54, 1.807) is 18.2 Å². The van der Waals surface area contributed by atoms with E-state index in [1.165, 1.54) is 0 Å². The molecule has 0 atom stereocenters. The molecule has 0 spiro atoms. The van der Waals surface area contributed by atoms with Gasteiger partial charge < -0.3 is 14.5 Å². The highest BCUT2D eigenvalue weighted by atomic mass is 16.5. The van der Waals surface area contributed by atoms with Gasteiger partial charge in [0.15, 0.2) is 0 Å². The number of rotatable bonds is 4. The second-order valence-corrected chi connectivity index (χ2v) is 6.07. The Bertz CT molecular complexity index is 1210. The summed E-state index contributed by atoms with van der Waals surface area (Å²) in [6.07, 6.45) is 0. The summed E-state index contributed by atoms with van der Waals surface area (Å²) in [6, 6.07) is 20.6. The SMILES string of the molecule is CCOc1ccccc1NC(=O)c1cc2c(ccc3ccccc32)oc1=N. The van der Waals surface area contributed by atoms with E-state index in [0.717, 1.165) is 16.2 Å². The third-order valence-electron chi connectivity index (χ3n) is 4.36. The van der Waals surface area contributed by atoms with E-state index in [-0.39, 0.29) is 11.1 Å². The number of hydrogen-bond acceptors (Lipinski definition) is 4. The Morgan fingerprint density at radius 3 is 2.67 bits per heavy atom. The molecular formula is C22H18N2O3. The Labute approximate surface area is 155 Å². The average Bonchev–Trinajstić information content (AvgIpc) is 2.69. The summed E-state index contributed by atoms with van der Waals surface area (Å²) in [6.45, 7) is 2.38. The monoisotopic (exact) mass is 358 g/mol. The molecule has 5 nitrogen and oxygen atoms in total. The van der Waals surface area contributed by atoms with E-state index in [0.29, 0.717) is 23.6 Å².